The van der Waals surface area contributed by atoms with E-state index in [1.165, 1.54) is 80.7 Å². The van der Waals surface area contributed by atoms with E-state index in [1.54, 1.807) is 12.1 Å². The Labute approximate surface area is 332 Å². The van der Waals surface area contributed by atoms with Gasteiger partial charge in [0, 0.05) is 6.07 Å². The van der Waals surface area contributed by atoms with Crippen LogP contribution in [0.2, 0.25) is 0 Å². The molecule has 0 aliphatic heterocycles. The second-order valence-electron chi connectivity index (χ2n) is 12.0. The van der Waals surface area contributed by atoms with Crippen molar-refractivity contribution in [2.75, 3.05) is 0 Å². The maximum absolute atomic E-state index is 11.4. The molecule has 0 aliphatic carbocycles. The first-order valence-corrected chi connectivity index (χ1v) is 19.8. The van der Waals surface area contributed by atoms with E-state index in [-0.39, 0.29) is 49.2 Å². The minimum absolute atomic E-state index is 0. The number of unbranched alkanes of at least 4 members (excludes halogenated alkanes) is 8. The molecular weight excluding hydrogens is 721 g/mol. The van der Waals surface area contributed by atoms with Crippen LogP contribution < -0.4 is 14.6 Å². The molecule has 4 aromatic rings. The summed E-state index contributed by atoms with van der Waals surface area (Å²) in [6.45, 7) is 4.39. The summed E-state index contributed by atoms with van der Waals surface area (Å²) in [4.78, 5) is -1.37. The Hall–Kier alpha value is -2.84. The fourth-order valence-corrected chi connectivity index (χ4v) is 6.27. The fourth-order valence-electron chi connectivity index (χ4n) is 5.10. The number of phenolic OH excluding ortho intramolecular Hbond substituents is 1. The van der Waals surface area contributed by atoms with E-state index in [2.05, 4.69) is 13.8 Å². The maximum atomic E-state index is 11.4. The van der Waals surface area contributed by atoms with Crippen molar-refractivity contribution >= 4 is 58.0 Å². The Bertz CT molecular complexity index is 1710. The third-order valence-electron chi connectivity index (χ3n) is 7.85. The van der Waals surface area contributed by atoms with Gasteiger partial charge in [-0.05, 0) is 85.3 Å². The molecular formula is C38H46CaO10S2. The minimum Gasteiger partial charge on any atom is -0.872 e. The molecule has 0 unspecified atom stereocenters. The van der Waals surface area contributed by atoms with E-state index in [9.17, 15) is 31.6 Å². The summed E-state index contributed by atoms with van der Waals surface area (Å²) in [6.07, 6.45) is 14.4. The van der Waals surface area contributed by atoms with Crippen molar-refractivity contribution < 1.29 is 45.6 Å². The standard InChI is InChI=1S/2C19H24O5S.Ca/c2*1-2-3-4-5-6-7-15-8-10-16(11-9-15)24-17-12-13-18(20)19(14-17)25(21,22)23;/h2*8-14,20H,2-7H2,1H3,(H,21,22,23);/q;;+2/p-2. The molecule has 0 bridgehead atoms. The Morgan fingerprint density at radius 3 is 1.37 bits per heavy atom. The Balaban J connectivity index is 0.000000347. The molecule has 0 fully saturated rings. The summed E-state index contributed by atoms with van der Waals surface area (Å²) in [5.74, 6) is 0.0810. The number of benzene rings is 4. The predicted molar refractivity (Wildman–Crippen MR) is 195 cm³/mol. The first-order valence-electron chi connectivity index (χ1n) is 16.9. The average Bonchev–Trinajstić information content (AvgIpc) is 3.07. The number of aryl methyl sites for hydroxylation is 2. The van der Waals surface area contributed by atoms with Gasteiger partial charge in [-0.3, -0.25) is 4.55 Å². The smallest absolute Gasteiger partial charge is 0.872 e. The van der Waals surface area contributed by atoms with E-state index in [1.807, 2.05) is 36.4 Å². The summed E-state index contributed by atoms with van der Waals surface area (Å²) >= 11 is 0. The van der Waals surface area contributed by atoms with Crippen molar-refractivity contribution in [3.63, 3.8) is 0 Å². The van der Waals surface area contributed by atoms with Gasteiger partial charge in [-0.15, -0.1) is 0 Å². The fraction of sp³-hybridized carbons (Fsp3) is 0.368. The molecule has 13 heteroatoms. The van der Waals surface area contributed by atoms with E-state index in [0.29, 0.717) is 11.5 Å². The van der Waals surface area contributed by atoms with Gasteiger partial charge >= 0.3 is 37.7 Å². The zero-order valence-corrected chi connectivity index (χ0v) is 33.1. The second-order valence-corrected chi connectivity index (χ2v) is 14.7. The van der Waals surface area contributed by atoms with Crippen LogP contribution >= 0.6 is 0 Å². The predicted octanol–water partition coefficient (Wildman–Crippen LogP) is 8.53. The van der Waals surface area contributed by atoms with Gasteiger partial charge in [0.1, 0.15) is 43.8 Å². The molecule has 4 aromatic carbocycles. The van der Waals surface area contributed by atoms with Crippen molar-refractivity contribution in [3.8, 4) is 34.5 Å². The van der Waals surface area contributed by atoms with E-state index in [0.717, 1.165) is 43.9 Å². The zero-order chi connectivity index (χ0) is 36.6. The summed E-state index contributed by atoms with van der Waals surface area (Å²) in [7, 11) is -9.32. The van der Waals surface area contributed by atoms with Crippen LogP contribution in [0.25, 0.3) is 0 Å². The number of hydrogen-bond donors (Lipinski definition) is 2. The first-order chi connectivity index (χ1) is 23.8. The largest absolute Gasteiger partial charge is 2.00 e. The number of rotatable bonds is 18. The molecule has 0 aliphatic rings. The Morgan fingerprint density at radius 2 is 0.961 bits per heavy atom. The normalized spacial score (nSPS) is 11.2. The molecule has 0 saturated heterocycles. The monoisotopic (exact) mass is 766 g/mol. The van der Waals surface area contributed by atoms with Gasteiger partial charge in [-0.25, -0.2) is 8.42 Å². The van der Waals surface area contributed by atoms with E-state index in [4.69, 9.17) is 14.0 Å². The maximum Gasteiger partial charge on any atom is 2.00 e. The van der Waals surface area contributed by atoms with Crippen LogP contribution in [0.3, 0.4) is 0 Å². The van der Waals surface area contributed by atoms with Crippen LogP contribution in [0.15, 0.2) is 94.7 Å². The van der Waals surface area contributed by atoms with Gasteiger partial charge in [-0.1, -0.05) is 101 Å². The summed E-state index contributed by atoms with van der Waals surface area (Å²) in [5.41, 5.74) is 2.44. The molecule has 0 spiro atoms. The number of phenols is 1. The molecule has 0 heterocycles. The molecule has 0 radical (unpaired) electrons. The number of hydrogen-bond acceptors (Lipinski definition) is 9. The van der Waals surface area contributed by atoms with Gasteiger partial charge in [0.2, 0.25) is 0 Å². The Kier molecular flexibility index (Phi) is 19.4. The molecule has 4 rings (SSSR count). The van der Waals surface area contributed by atoms with Crippen molar-refractivity contribution in [1.82, 2.24) is 0 Å². The molecule has 0 saturated carbocycles. The van der Waals surface area contributed by atoms with Crippen molar-refractivity contribution in [2.45, 2.75) is 101 Å². The van der Waals surface area contributed by atoms with Crippen LogP contribution in [-0.4, -0.2) is 68.8 Å². The van der Waals surface area contributed by atoms with Gasteiger partial charge < -0.3 is 24.2 Å². The number of aromatic hydroxyl groups is 1. The van der Waals surface area contributed by atoms with E-state index >= 15 is 0 Å². The number of ether oxygens (including phenoxy) is 2. The Morgan fingerprint density at radius 1 is 0.569 bits per heavy atom. The van der Waals surface area contributed by atoms with Crippen molar-refractivity contribution in [3.05, 3.63) is 96.1 Å². The van der Waals surface area contributed by atoms with Crippen LogP contribution in [0.4, 0.5) is 0 Å². The van der Waals surface area contributed by atoms with Gasteiger partial charge in [0.05, 0.1) is 4.90 Å². The molecule has 272 valence electrons. The van der Waals surface area contributed by atoms with Crippen molar-refractivity contribution in [1.29, 1.82) is 0 Å². The SMILES string of the molecule is CCCCCCCc1ccc(Oc2ccc(O)c(S(=O)(=O)O)c2)cc1.CCCCCCCc1ccc(Oc2ccc([O-])c(S(=O)(=O)[O-])c2)cc1.[Ca+2]. The zero-order valence-electron chi connectivity index (χ0n) is 29.3. The molecule has 2 N–H and O–H groups in total. The minimum atomic E-state index is -4.81. The van der Waals surface area contributed by atoms with Crippen molar-refractivity contribution in [2.24, 2.45) is 0 Å². The quantitative estimate of drug-likeness (QED) is 0.0568. The summed E-state index contributed by atoms with van der Waals surface area (Å²) in [6, 6.07) is 22.1. The van der Waals surface area contributed by atoms with Crippen LogP contribution in [0, 0.1) is 0 Å². The third kappa shape index (κ3) is 16.2. The van der Waals surface area contributed by atoms with Crippen LogP contribution in [-0.2, 0) is 33.1 Å². The third-order valence-corrected chi connectivity index (χ3v) is 9.59. The molecule has 0 aromatic heterocycles. The first kappa shape index (κ1) is 44.3. The van der Waals surface area contributed by atoms with Crippen LogP contribution in [0.1, 0.15) is 89.2 Å². The van der Waals surface area contributed by atoms with E-state index < -0.39 is 41.5 Å². The molecule has 0 amide bonds. The van der Waals surface area contributed by atoms with Gasteiger partial charge in [0.15, 0.2) is 0 Å². The summed E-state index contributed by atoms with van der Waals surface area (Å²) < 4.78 is 75.8. The topological polar surface area (TPSA) is 173 Å². The molecule has 0 atom stereocenters. The summed E-state index contributed by atoms with van der Waals surface area (Å²) in [5, 5.41) is 21.0. The molecule has 10 nitrogen and oxygen atoms in total. The van der Waals surface area contributed by atoms with Gasteiger partial charge in [0.25, 0.3) is 10.1 Å². The second kappa shape index (κ2) is 22.3. The van der Waals surface area contributed by atoms with Crippen LogP contribution in [0.5, 0.6) is 34.5 Å². The average molecular weight is 767 g/mol. The van der Waals surface area contributed by atoms with Gasteiger partial charge in [-0.2, -0.15) is 8.42 Å². The molecule has 51 heavy (non-hydrogen) atoms.